The SMILES string of the molecule is CCCN(C(=O)c1ccc(Cl)nn1)C(C)C. The van der Waals surface area contributed by atoms with Crippen molar-refractivity contribution >= 4 is 17.5 Å². The van der Waals surface area contributed by atoms with Gasteiger partial charge in [0, 0.05) is 12.6 Å². The molecule has 1 heterocycles. The predicted molar refractivity (Wildman–Crippen MR) is 63.5 cm³/mol. The van der Waals surface area contributed by atoms with Gasteiger partial charge in [0.05, 0.1) is 0 Å². The van der Waals surface area contributed by atoms with Crippen molar-refractivity contribution in [3.8, 4) is 0 Å². The molecular formula is C11H16ClN3O. The lowest BCUT2D eigenvalue weighted by atomic mass is 10.2. The molecule has 0 bridgehead atoms. The number of hydrogen-bond acceptors (Lipinski definition) is 3. The number of halogens is 1. The van der Waals surface area contributed by atoms with Gasteiger partial charge < -0.3 is 4.90 Å². The molecule has 5 heteroatoms. The summed E-state index contributed by atoms with van der Waals surface area (Å²) in [5.41, 5.74) is 0.339. The van der Waals surface area contributed by atoms with Gasteiger partial charge in [-0.05, 0) is 32.4 Å². The van der Waals surface area contributed by atoms with Crippen LogP contribution < -0.4 is 0 Å². The molecule has 1 aromatic heterocycles. The summed E-state index contributed by atoms with van der Waals surface area (Å²) in [5, 5.41) is 7.76. The normalized spacial score (nSPS) is 10.6. The monoisotopic (exact) mass is 241 g/mol. The molecule has 0 fully saturated rings. The lowest BCUT2D eigenvalue weighted by Crippen LogP contribution is -2.38. The van der Waals surface area contributed by atoms with Gasteiger partial charge in [0.1, 0.15) is 0 Å². The molecule has 4 nitrogen and oxygen atoms in total. The third-order valence-electron chi connectivity index (χ3n) is 2.20. The van der Waals surface area contributed by atoms with Crippen molar-refractivity contribution in [3.63, 3.8) is 0 Å². The summed E-state index contributed by atoms with van der Waals surface area (Å²) in [5.74, 6) is -0.0963. The van der Waals surface area contributed by atoms with E-state index in [-0.39, 0.29) is 11.9 Å². The number of nitrogens with zero attached hydrogens (tertiary/aromatic N) is 3. The maximum Gasteiger partial charge on any atom is 0.274 e. The first-order chi connectivity index (χ1) is 7.56. The average Bonchev–Trinajstić information content (AvgIpc) is 2.25. The maximum atomic E-state index is 12.1. The highest BCUT2D eigenvalue weighted by molar-refractivity contribution is 6.29. The lowest BCUT2D eigenvalue weighted by Gasteiger charge is -2.25. The molecule has 1 rings (SSSR count). The van der Waals surface area contributed by atoms with Gasteiger partial charge in [-0.25, -0.2) is 0 Å². The third-order valence-corrected chi connectivity index (χ3v) is 2.40. The topological polar surface area (TPSA) is 46.1 Å². The van der Waals surface area contributed by atoms with E-state index in [1.165, 1.54) is 0 Å². The molecule has 16 heavy (non-hydrogen) atoms. The Morgan fingerprint density at radius 3 is 2.56 bits per heavy atom. The lowest BCUT2D eigenvalue weighted by molar-refractivity contribution is 0.0698. The van der Waals surface area contributed by atoms with E-state index < -0.39 is 0 Å². The predicted octanol–water partition coefficient (Wildman–Crippen LogP) is 2.39. The van der Waals surface area contributed by atoms with Crippen LogP contribution in [0.25, 0.3) is 0 Å². The number of carbonyl (C=O) groups excluding carboxylic acids is 1. The average molecular weight is 242 g/mol. The van der Waals surface area contributed by atoms with Crippen LogP contribution in [0, 0.1) is 0 Å². The van der Waals surface area contributed by atoms with Gasteiger partial charge in [0.2, 0.25) is 0 Å². The van der Waals surface area contributed by atoms with Gasteiger partial charge in [-0.2, -0.15) is 0 Å². The van der Waals surface area contributed by atoms with Crippen molar-refractivity contribution < 1.29 is 4.79 Å². The molecule has 0 aromatic carbocycles. The van der Waals surface area contributed by atoms with E-state index in [1.54, 1.807) is 17.0 Å². The van der Waals surface area contributed by atoms with Crippen molar-refractivity contribution in [1.29, 1.82) is 0 Å². The van der Waals surface area contributed by atoms with Gasteiger partial charge in [-0.3, -0.25) is 4.79 Å². The molecule has 88 valence electrons. The number of rotatable bonds is 4. The summed E-state index contributed by atoms with van der Waals surface area (Å²) in [6, 6.07) is 3.33. The summed E-state index contributed by atoms with van der Waals surface area (Å²) in [4.78, 5) is 13.8. The van der Waals surface area contributed by atoms with E-state index >= 15 is 0 Å². The second-order valence-corrected chi connectivity index (χ2v) is 4.22. The number of hydrogen-bond donors (Lipinski definition) is 0. The highest BCUT2D eigenvalue weighted by Crippen LogP contribution is 2.08. The summed E-state index contributed by atoms with van der Waals surface area (Å²) in [6.45, 7) is 6.73. The second-order valence-electron chi connectivity index (χ2n) is 3.83. The van der Waals surface area contributed by atoms with E-state index in [1.807, 2.05) is 20.8 Å². The fourth-order valence-electron chi connectivity index (χ4n) is 1.41. The molecular weight excluding hydrogens is 226 g/mol. The zero-order chi connectivity index (χ0) is 12.1. The highest BCUT2D eigenvalue weighted by Gasteiger charge is 2.19. The summed E-state index contributed by atoms with van der Waals surface area (Å²) >= 11 is 5.62. The molecule has 0 aliphatic heterocycles. The number of aromatic nitrogens is 2. The van der Waals surface area contributed by atoms with Gasteiger partial charge in [-0.1, -0.05) is 18.5 Å². The zero-order valence-electron chi connectivity index (χ0n) is 9.77. The summed E-state index contributed by atoms with van der Waals surface area (Å²) < 4.78 is 0. The molecule has 0 aliphatic rings. The molecule has 0 N–H and O–H groups in total. The van der Waals surface area contributed by atoms with E-state index in [9.17, 15) is 4.79 Å². The fraction of sp³-hybridized carbons (Fsp3) is 0.545. The Bertz CT molecular complexity index is 351. The van der Waals surface area contributed by atoms with E-state index in [4.69, 9.17) is 11.6 Å². The first-order valence-electron chi connectivity index (χ1n) is 5.36. The van der Waals surface area contributed by atoms with Crippen LogP contribution in [0.1, 0.15) is 37.7 Å². The van der Waals surface area contributed by atoms with Gasteiger partial charge in [0.15, 0.2) is 10.8 Å². The smallest absolute Gasteiger partial charge is 0.274 e. The Morgan fingerprint density at radius 2 is 2.12 bits per heavy atom. The first-order valence-corrected chi connectivity index (χ1v) is 5.74. The van der Waals surface area contributed by atoms with Crippen LogP contribution in [-0.4, -0.2) is 33.6 Å². The summed E-state index contributed by atoms with van der Waals surface area (Å²) in [6.07, 6.45) is 0.922. The van der Waals surface area contributed by atoms with E-state index in [0.717, 1.165) is 13.0 Å². The van der Waals surface area contributed by atoms with Crippen molar-refractivity contribution in [1.82, 2.24) is 15.1 Å². The first kappa shape index (κ1) is 12.9. The number of amides is 1. The Kier molecular flexibility index (Phi) is 4.68. The molecule has 0 saturated carbocycles. The standard InChI is InChI=1S/C11H16ClN3O/c1-4-7-15(8(2)3)11(16)9-5-6-10(12)14-13-9/h5-6,8H,4,7H2,1-3H3. The molecule has 0 unspecified atom stereocenters. The minimum Gasteiger partial charge on any atom is -0.335 e. The van der Waals surface area contributed by atoms with Gasteiger partial charge in [0.25, 0.3) is 5.91 Å². The molecule has 0 aliphatic carbocycles. The van der Waals surface area contributed by atoms with Gasteiger partial charge >= 0.3 is 0 Å². The van der Waals surface area contributed by atoms with Crippen molar-refractivity contribution in [3.05, 3.63) is 23.0 Å². The van der Waals surface area contributed by atoms with Crippen LogP contribution in [0.15, 0.2) is 12.1 Å². The highest BCUT2D eigenvalue weighted by atomic mass is 35.5. The molecule has 1 amide bonds. The summed E-state index contributed by atoms with van der Waals surface area (Å²) in [7, 11) is 0. The Balaban J connectivity index is 2.86. The minimum absolute atomic E-state index is 0.0963. The van der Waals surface area contributed by atoms with Crippen molar-refractivity contribution in [2.75, 3.05) is 6.54 Å². The third kappa shape index (κ3) is 3.17. The number of carbonyl (C=O) groups is 1. The van der Waals surface area contributed by atoms with Crippen LogP contribution in [0.3, 0.4) is 0 Å². The molecule has 1 aromatic rings. The van der Waals surface area contributed by atoms with Crippen molar-refractivity contribution in [2.45, 2.75) is 33.2 Å². The fourth-order valence-corrected chi connectivity index (χ4v) is 1.51. The Morgan fingerprint density at radius 1 is 1.44 bits per heavy atom. The molecule has 0 saturated heterocycles. The van der Waals surface area contributed by atoms with Crippen molar-refractivity contribution in [2.24, 2.45) is 0 Å². The maximum absolute atomic E-state index is 12.1. The van der Waals surface area contributed by atoms with Crippen LogP contribution in [-0.2, 0) is 0 Å². The Hall–Kier alpha value is -1.16. The van der Waals surface area contributed by atoms with E-state index in [2.05, 4.69) is 10.2 Å². The molecule has 0 radical (unpaired) electrons. The molecule has 0 spiro atoms. The quantitative estimate of drug-likeness (QED) is 0.813. The second kappa shape index (κ2) is 5.80. The van der Waals surface area contributed by atoms with Crippen LogP contribution in [0.5, 0.6) is 0 Å². The molecule has 0 atom stereocenters. The largest absolute Gasteiger partial charge is 0.335 e. The van der Waals surface area contributed by atoms with Crippen LogP contribution >= 0.6 is 11.6 Å². The zero-order valence-corrected chi connectivity index (χ0v) is 10.5. The van der Waals surface area contributed by atoms with Crippen LogP contribution in [0.4, 0.5) is 0 Å². The van der Waals surface area contributed by atoms with Gasteiger partial charge in [-0.15, -0.1) is 10.2 Å². The minimum atomic E-state index is -0.0963. The Labute approximate surface area is 101 Å². The van der Waals surface area contributed by atoms with E-state index in [0.29, 0.717) is 10.8 Å². The van der Waals surface area contributed by atoms with Crippen LogP contribution in [0.2, 0.25) is 5.15 Å².